The Balaban J connectivity index is 0.992. The maximum atomic E-state index is 2.40. The van der Waals surface area contributed by atoms with Crippen LogP contribution in [0.1, 0.15) is 0 Å². The molecular formula is C62H42N2. The zero-order valence-electron chi connectivity index (χ0n) is 35.1. The molecule has 2 heteroatoms. The largest absolute Gasteiger partial charge is 0.310 e. The van der Waals surface area contributed by atoms with Crippen LogP contribution >= 0.6 is 0 Å². The topological polar surface area (TPSA) is 8.17 Å². The number of aromatic nitrogens is 1. The van der Waals surface area contributed by atoms with E-state index in [4.69, 9.17) is 0 Å². The van der Waals surface area contributed by atoms with Gasteiger partial charge in [0.2, 0.25) is 0 Å². The molecule has 0 aliphatic heterocycles. The Labute approximate surface area is 373 Å². The van der Waals surface area contributed by atoms with Gasteiger partial charge in [0.05, 0.1) is 16.7 Å². The lowest BCUT2D eigenvalue weighted by Crippen LogP contribution is -2.11. The molecule has 0 atom stereocenters. The lowest BCUT2D eigenvalue weighted by atomic mass is 9.84. The summed E-state index contributed by atoms with van der Waals surface area (Å²) in [4.78, 5) is 2.39. The van der Waals surface area contributed by atoms with Crippen molar-refractivity contribution >= 4 is 60.4 Å². The number of hydrogen-bond acceptors (Lipinski definition) is 1. The molecule has 0 unspecified atom stereocenters. The number of benzene rings is 11. The predicted molar refractivity (Wildman–Crippen MR) is 272 cm³/mol. The minimum Gasteiger partial charge on any atom is -0.310 e. The molecule has 1 aromatic heterocycles. The SMILES string of the molecule is c1ccc(-c2c(-c3ccccc3)c3cc(-c4ccc(N(c5ccccc5)c5ccccc5-c5ccc6c(c5)c5ccccc5n6-c5ccccc5)cc4)ccc3c3ccccc23)cc1. The Morgan fingerprint density at radius 3 is 1.47 bits per heavy atom. The van der Waals surface area contributed by atoms with Crippen molar-refractivity contribution in [2.75, 3.05) is 4.90 Å². The molecule has 0 saturated heterocycles. The fourth-order valence-corrected chi connectivity index (χ4v) is 9.90. The average molecular weight is 815 g/mol. The molecule has 2 nitrogen and oxygen atoms in total. The Morgan fingerprint density at radius 1 is 0.266 bits per heavy atom. The van der Waals surface area contributed by atoms with Gasteiger partial charge in [-0.25, -0.2) is 0 Å². The maximum Gasteiger partial charge on any atom is 0.0541 e. The summed E-state index contributed by atoms with van der Waals surface area (Å²) in [7, 11) is 0. The summed E-state index contributed by atoms with van der Waals surface area (Å²) in [6.07, 6.45) is 0. The van der Waals surface area contributed by atoms with E-state index in [0.717, 1.165) is 22.7 Å². The van der Waals surface area contributed by atoms with E-state index in [1.54, 1.807) is 0 Å². The van der Waals surface area contributed by atoms with Crippen molar-refractivity contribution in [3.8, 4) is 50.2 Å². The van der Waals surface area contributed by atoms with Crippen LogP contribution in [-0.2, 0) is 0 Å². The first kappa shape index (κ1) is 37.3. The monoisotopic (exact) mass is 814 g/mol. The van der Waals surface area contributed by atoms with E-state index in [2.05, 4.69) is 264 Å². The van der Waals surface area contributed by atoms with Crippen LogP contribution in [0.4, 0.5) is 17.1 Å². The van der Waals surface area contributed by atoms with E-state index in [-0.39, 0.29) is 0 Å². The standard InChI is InChI=1S/C62H42N2/c1-5-19-44(20-6-1)61-55-30-14-13-28-52(55)53-39-35-46(41-57(53)62(61)45-21-7-2-8-22-45)43-33-37-50(38-34-43)63(48-23-9-3-10-24-48)58-31-17-15-27-51(58)47-36-40-60-56(42-47)54-29-16-18-32-59(54)64(60)49-25-11-4-12-26-49/h1-42H. The van der Waals surface area contributed by atoms with Crippen molar-refractivity contribution in [2.45, 2.75) is 0 Å². The summed E-state index contributed by atoms with van der Waals surface area (Å²) < 4.78 is 2.38. The van der Waals surface area contributed by atoms with Gasteiger partial charge in [-0.2, -0.15) is 0 Å². The predicted octanol–water partition coefficient (Wildman–Crippen LogP) is 17.2. The molecule has 12 aromatic rings. The molecule has 64 heavy (non-hydrogen) atoms. The van der Waals surface area contributed by atoms with Gasteiger partial charge < -0.3 is 9.47 Å². The van der Waals surface area contributed by atoms with Gasteiger partial charge in [0.1, 0.15) is 0 Å². The number of para-hydroxylation sites is 4. The van der Waals surface area contributed by atoms with E-state index in [9.17, 15) is 0 Å². The molecule has 0 fully saturated rings. The quantitative estimate of drug-likeness (QED) is 0.139. The Hall–Kier alpha value is -8.46. The van der Waals surface area contributed by atoms with Crippen molar-refractivity contribution in [2.24, 2.45) is 0 Å². The highest BCUT2D eigenvalue weighted by Gasteiger charge is 2.21. The first-order valence-electron chi connectivity index (χ1n) is 22.0. The van der Waals surface area contributed by atoms with Gasteiger partial charge in [-0.3, -0.25) is 0 Å². The molecule has 0 N–H and O–H groups in total. The Bertz CT molecular complexity index is 3630. The van der Waals surface area contributed by atoms with Crippen LogP contribution in [0.2, 0.25) is 0 Å². The molecule has 0 saturated carbocycles. The molecule has 0 bridgehead atoms. The molecular weight excluding hydrogens is 773 g/mol. The molecule has 11 aromatic carbocycles. The number of nitrogens with zero attached hydrogens (tertiary/aromatic N) is 2. The molecule has 0 aliphatic rings. The fraction of sp³-hybridized carbons (Fsp3) is 0. The highest BCUT2D eigenvalue weighted by molar-refractivity contribution is 6.22. The smallest absolute Gasteiger partial charge is 0.0541 e. The van der Waals surface area contributed by atoms with Crippen LogP contribution in [0.5, 0.6) is 0 Å². The summed E-state index contributed by atoms with van der Waals surface area (Å²) in [5, 5.41) is 7.49. The van der Waals surface area contributed by atoms with E-state index in [1.807, 2.05) is 0 Å². The normalized spacial score (nSPS) is 11.4. The number of rotatable bonds is 8. The molecule has 0 amide bonds. The van der Waals surface area contributed by atoms with Crippen molar-refractivity contribution < 1.29 is 0 Å². The molecule has 0 radical (unpaired) electrons. The van der Waals surface area contributed by atoms with Crippen molar-refractivity contribution in [3.05, 3.63) is 255 Å². The Morgan fingerprint density at radius 2 is 0.750 bits per heavy atom. The summed E-state index contributed by atoms with van der Waals surface area (Å²) in [5.41, 5.74) is 16.5. The lowest BCUT2D eigenvalue weighted by molar-refractivity contribution is 1.18. The van der Waals surface area contributed by atoms with Crippen molar-refractivity contribution in [3.63, 3.8) is 0 Å². The third-order valence-corrected chi connectivity index (χ3v) is 12.8. The second kappa shape index (κ2) is 15.8. The average Bonchev–Trinajstić information content (AvgIpc) is 3.71. The minimum atomic E-state index is 1.09. The van der Waals surface area contributed by atoms with Crippen molar-refractivity contribution in [1.82, 2.24) is 4.57 Å². The summed E-state index contributed by atoms with van der Waals surface area (Å²) in [6.45, 7) is 0. The highest BCUT2D eigenvalue weighted by atomic mass is 15.1. The number of fused-ring (bicyclic) bond motifs is 6. The van der Waals surface area contributed by atoms with Gasteiger partial charge in [-0.05, 0) is 127 Å². The summed E-state index contributed by atoms with van der Waals surface area (Å²) >= 11 is 0. The number of hydrogen-bond donors (Lipinski definition) is 0. The van der Waals surface area contributed by atoms with Crippen molar-refractivity contribution in [1.29, 1.82) is 0 Å². The van der Waals surface area contributed by atoms with E-state index in [1.165, 1.54) is 87.9 Å². The van der Waals surface area contributed by atoms with Gasteiger partial charge in [0, 0.05) is 33.4 Å². The third-order valence-electron chi connectivity index (χ3n) is 12.8. The van der Waals surface area contributed by atoms with E-state index < -0.39 is 0 Å². The maximum absolute atomic E-state index is 2.40. The van der Waals surface area contributed by atoms with E-state index >= 15 is 0 Å². The van der Waals surface area contributed by atoms with Crippen LogP contribution in [0.3, 0.4) is 0 Å². The Kier molecular flexibility index (Phi) is 9.20. The summed E-state index contributed by atoms with van der Waals surface area (Å²) in [6, 6.07) is 92.6. The molecule has 0 aliphatic carbocycles. The zero-order chi connectivity index (χ0) is 42.4. The van der Waals surface area contributed by atoms with Gasteiger partial charge in [-0.1, -0.05) is 188 Å². The molecule has 12 rings (SSSR count). The lowest BCUT2D eigenvalue weighted by Gasteiger charge is -2.28. The molecule has 300 valence electrons. The summed E-state index contributed by atoms with van der Waals surface area (Å²) in [5.74, 6) is 0. The molecule has 1 heterocycles. The van der Waals surface area contributed by atoms with Crippen LogP contribution in [0, 0.1) is 0 Å². The second-order valence-corrected chi connectivity index (χ2v) is 16.4. The first-order valence-corrected chi connectivity index (χ1v) is 22.0. The highest BCUT2D eigenvalue weighted by Crippen LogP contribution is 2.47. The molecule has 0 spiro atoms. The van der Waals surface area contributed by atoms with Crippen LogP contribution < -0.4 is 4.90 Å². The van der Waals surface area contributed by atoms with Gasteiger partial charge in [0.25, 0.3) is 0 Å². The first-order chi connectivity index (χ1) is 31.8. The van der Waals surface area contributed by atoms with Crippen LogP contribution in [0.15, 0.2) is 255 Å². The minimum absolute atomic E-state index is 1.09. The van der Waals surface area contributed by atoms with Crippen LogP contribution in [0.25, 0.3) is 93.5 Å². The second-order valence-electron chi connectivity index (χ2n) is 16.4. The van der Waals surface area contributed by atoms with Crippen LogP contribution in [-0.4, -0.2) is 4.57 Å². The van der Waals surface area contributed by atoms with Gasteiger partial charge in [-0.15, -0.1) is 0 Å². The van der Waals surface area contributed by atoms with Gasteiger partial charge in [0.15, 0.2) is 0 Å². The van der Waals surface area contributed by atoms with E-state index in [0.29, 0.717) is 0 Å². The van der Waals surface area contributed by atoms with Gasteiger partial charge >= 0.3 is 0 Å². The third kappa shape index (κ3) is 6.35. The zero-order valence-corrected chi connectivity index (χ0v) is 35.1. The number of anilines is 3. The fourth-order valence-electron chi connectivity index (χ4n) is 9.90.